The van der Waals surface area contributed by atoms with Crippen molar-refractivity contribution in [3.8, 4) is 5.75 Å². The maximum absolute atomic E-state index is 10.9. The van der Waals surface area contributed by atoms with Gasteiger partial charge in [-0.15, -0.1) is 0 Å². The van der Waals surface area contributed by atoms with E-state index in [1.54, 1.807) is 12.1 Å². The Kier molecular flexibility index (Phi) is 9.21. The van der Waals surface area contributed by atoms with Crippen LogP contribution in [0.1, 0.15) is 6.92 Å². The van der Waals surface area contributed by atoms with Gasteiger partial charge in [0.05, 0.1) is 26.4 Å². The van der Waals surface area contributed by atoms with Gasteiger partial charge in [0, 0.05) is 19.2 Å². The van der Waals surface area contributed by atoms with Gasteiger partial charge in [0.15, 0.2) is 0 Å². The van der Waals surface area contributed by atoms with Crippen molar-refractivity contribution in [2.24, 2.45) is 0 Å². The highest BCUT2D eigenvalue weighted by atomic mass is 16.5. The summed E-state index contributed by atoms with van der Waals surface area (Å²) in [6.07, 6.45) is 0. The number of amides is 1. The highest BCUT2D eigenvalue weighted by Crippen LogP contribution is 2.15. The van der Waals surface area contributed by atoms with Crippen molar-refractivity contribution >= 4 is 11.6 Å². The summed E-state index contributed by atoms with van der Waals surface area (Å²) in [5.74, 6) is 0.662. The molecule has 0 saturated heterocycles. The van der Waals surface area contributed by atoms with Crippen molar-refractivity contribution in [2.75, 3.05) is 59.0 Å². The number of benzene rings is 1. The molecule has 0 aliphatic heterocycles. The van der Waals surface area contributed by atoms with Crippen LogP contribution >= 0.6 is 0 Å². The van der Waals surface area contributed by atoms with E-state index in [2.05, 4.69) is 10.2 Å². The van der Waals surface area contributed by atoms with Crippen LogP contribution in [0.4, 0.5) is 5.69 Å². The van der Waals surface area contributed by atoms with E-state index in [9.17, 15) is 4.79 Å². The molecule has 0 heterocycles. The lowest BCUT2D eigenvalue weighted by Gasteiger charge is -2.10. The van der Waals surface area contributed by atoms with Gasteiger partial charge in [-0.1, -0.05) is 0 Å². The number of carbonyl (C=O) groups excluding carboxylic acids is 1. The molecule has 1 amide bonds. The lowest BCUT2D eigenvalue weighted by molar-refractivity contribution is -0.114. The van der Waals surface area contributed by atoms with Crippen LogP contribution in [-0.4, -0.2) is 64.5 Å². The predicted molar refractivity (Wildman–Crippen MR) is 86.4 cm³/mol. The van der Waals surface area contributed by atoms with Gasteiger partial charge in [0.1, 0.15) is 12.4 Å². The first-order valence-corrected chi connectivity index (χ1v) is 7.38. The second kappa shape index (κ2) is 11.0. The largest absolute Gasteiger partial charge is 0.491 e. The van der Waals surface area contributed by atoms with E-state index in [-0.39, 0.29) is 5.91 Å². The number of anilines is 1. The Morgan fingerprint density at radius 3 is 2.18 bits per heavy atom. The first kappa shape index (κ1) is 18.4. The van der Waals surface area contributed by atoms with Gasteiger partial charge < -0.3 is 24.4 Å². The van der Waals surface area contributed by atoms with Crippen LogP contribution in [0.3, 0.4) is 0 Å². The Hall–Kier alpha value is -1.63. The normalized spacial score (nSPS) is 10.7. The zero-order valence-corrected chi connectivity index (χ0v) is 13.6. The smallest absolute Gasteiger partial charge is 0.221 e. The lowest BCUT2D eigenvalue weighted by atomic mass is 10.3. The Balaban J connectivity index is 2.01. The fourth-order valence-electron chi connectivity index (χ4n) is 1.63. The lowest BCUT2D eigenvalue weighted by Crippen LogP contribution is -2.19. The number of rotatable bonds is 11. The van der Waals surface area contributed by atoms with Crippen molar-refractivity contribution in [3.63, 3.8) is 0 Å². The molecular formula is C16H26N2O4. The average Bonchev–Trinajstić information content (AvgIpc) is 2.46. The van der Waals surface area contributed by atoms with Crippen LogP contribution in [0.25, 0.3) is 0 Å². The molecule has 0 saturated carbocycles. The molecule has 1 rings (SSSR count). The zero-order chi connectivity index (χ0) is 16.2. The number of nitrogens with one attached hydrogen (secondary N) is 1. The van der Waals surface area contributed by atoms with Crippen molar-refractivity contribution < 1.29 is 19.0 Å². The molecule has 0 radical (unpaired) electrons. The van der Waals surface area contributed by atoms with Crippen LogP contribution < -0.4 is 10.1 Å². The fraction of sp³-hybridized carbons (Fsp3) is 0.562. The second-order valence-corrected chi connectivity index (χ2v) is 5.08. The van der Waals surface area contributed by atoms with Gasteiger partial charge in [-0.2, -0.15) is 0 Å². The van der Waals surface area contributed by atoms with E-state index in [0.29, 0.717) is 33.0 Å². The molecule has 0 spiro atoms. The molecular weight excluding hydrogens is 284 g/mol. The van der Waals surface area contributed by atoms with E-state index < -0.39 is 0 Å². The number of carbonyl (C=O) groups is 1. The number of nitrogens with zero attached hydrogens (tertiary/aromatic N) is 1. The van der Waals surface area contributed by atoms with Gasteiger partial charge in [-0.3, -0.25) is 4.79 Å². The highest BCUT2D eigenvalue weighted by molar-refractivity contribution is 5.88. The van der Waals surface area contributed by atoms with E-state index >= 15 is 0 Å². The minimum Gasteiger partial charge on any atom is -0.491 e. The summed E-state index contributed by atoms with van der Waals surface area (Å²) in [6, 6.07) is 7.23. The second-order valence-electron chi connectivity index (χ2n) is 5.08. The van der Waals surface area contributed by atoms with E-state index in [1.165, 1.54) is 6.92 Å². The van der Waals surface area contributed by atoms with Crippen LogP contribution in [0.5, 0.6) is 5.75 Å². The molecule has 0 atom stereocenters. The summed E-state index contributed by atoms with van der Waals surface area (Å²) in [6.45, 7) is 5.27. The van der Waals surface area contributed by atoms with Gasteiger partial charge in [-0.25, -0.2) is 0 Å². The van der Waals surface area contributed by atoms with Crippen LogP contribution in [0, 0.1) is 0 Å². The van der Waals surface area contributed by atoms with Crippen molar-refractivity contribution in [2.45, 2.75) is 6.92 Å². The topological polar surface area (TPSA) is 60.0 Å². The SMILES string of the molecule is CC(=O)Nc1ccc(OCCOCCOCCN(C)C)cc1. The summed E-state index contributed by atoms with van der Waals surface area (Å²) < 4.78 is 16.4. The van der Waals surface area contributed by atoms with Crippen molar-refractivity contribution in [1.29, 1.82) is 0 Å². The molecule has 22 heavy (non-hydrogen) atoms. The molecule has 0 bridgehead atoms. The molecule has 0 aromatic heterocycles. The van der Waals surface area contributed by atoms with Gasteiger partial charge >= 0.3 is 0 Å². The number of ether oxygens (including phenoxy) is 3. The third kappa shape index (κ3) is 9.33. The zero-order valence-electron chi connectivity index (χ0n) is 13.6. The van der Waals surface area contributed by atoms with Gasteiger partial charge in [0.2, 0.25) is 5.91 Å². The molecule has 1 aromatic carbocycles. The third-order valence-electron chi connectivity index (χ3n) is 2.73. The van der Waals surface area contributed by atoms with Crippen LogP contribution in [0.15, 0.2) is 24.3 Å². The standard InChI is InChI=1S/C16H26N2O4/c1-14(19)17-15-4-6-16(7-5-15)22-13-12-21-11-10-20-9-8-18(2)3/h4-7H,8-13H2,1-3H3,(H,17,19). The van der Waals surface area contributed by atoms with Crippen molar-refractivity contribution in [3.05, 3.63) is 24.3 Å². The van der Waals surface area contributed by atoms with Crippen molar-refractivity contribution in [1.82, 2.24) is 4.90 Å². The minimum atomic E-state index is -0.0881. The fourth-order valence-corrected chi connectivity index (χ4v) is 1.63. The Labute approximate surface area is 132 Å². The molecule has 124 valence electrons. The molecule has 1 aromatic rings. The van der Waals surface area contributed by atoms with Crippen LogP contribution in [-0.2, 0) is 14.3 Å². The van der Waals surface area contributed by atoms with E-state index in [0.717, 1.165) is 18.0 Å². The highest BCUT2D eigenvalue weighted by Gasteiger charge is 1.97. The first-order chi connectivity index (χ1) is 10.6. The molecule has 6 nitrogen and oxygen atoms in total. The minimum absolute atomic E-state index is 0.0881. The number of likely N-dealkylation sites (N-methyl/N-ethyl adjacent to an activating group) is 1. The van der Waals surface area contributed by atoms with Crippen LogP contribution in [0.2, 0.25) is 0 Å². The van der Waals surface area contributed by atoms with E-state index in [4.69, 9.17) is 14.2 Å². The molecule has 1 N–H and O–H groups in total. The predicted octanol–water partition coefficient (Wildman–Crippen LogP) is 1.62. The summed E-state index contributed by atoms with van der Waals surface area (Å²) in [5, 5.41) is 2.70. The average molecular weight is 310 g/mol. The van der Waals surface area contributed by atoms with Gasteiger partial charge in [0.25, 0.3) is 0 Å². The Morgan fingerprint density at radius 2 is 1.59 bits per heavy atom. The summed E-state index contributed by atoms with van der Waals surface area (Å²) >= 11 is 0. The molecule has 0 fully saturated rings. The summed E-state index contributed by atoms with van der Waals surface area (Å²) in [4.78, 5) is 13.0. The van der Waals surface area contributed by atoms with E-state index in [1.807, 2.05) is 26.2 Å². The molecule has 0 aliphatic carbocycles. The summed E-state index contributed by atoms with van der Waals surface area (Å²) in [5.41, 5.74) is 0.756. The Morgan fingerprint density at radius 1 is 1.00 bits per heavy atom. The Bertz CT molecular complexity index is 421. The maximum atomic E-state index is 10.9. The molecule has 6 heteroatoms. The van der Waals surface area contributed by atoms with Gasteiger partial charge in [-0.05, 0) is 38.4 Å². The molecule has 0 aliphatic rings. The maximum Gasteiger partial charge on any atom is 0.221 e. The molecule has 0 unspecified atom stereocenters. The number of hydrogen-bond donors (Lipinski definition) is 1. The number of hydrogen-bond acceptors (Lipinski definition) is 5. The monoisotopic (exact) mass is 310 g/mol. The first-order valence-electron chi connectivity index (χ1n) is 7.38. The summed E-state index contributed by atoms with van der Waals surface area (Å²) in [7, 11) is 4.03. The third-order valence-corrected chi connectivity index (χ3v) is 2.73. The quantitative estimate of drug-likeness (QED) is 0.629.